The SMILES string of the molecule is C=C.C=C(NS(=O)(=O)c1ccccc1C)c1nc(-c2c(C)cccc2F)nn1C. The van der Waals surface area contributed by atoms with Gasteiger partial charge in [-0.1, -0.05) is 36.9 Å². The Labute approximate surface area is 170 Å². The quantitative estimate of drug-likeness (QED) is 0.641. The number of hydrogen-bond acceptors (Lipinski definition) is 4. The van der Waals surface area contributed by atoms with Crippen LogP contribution in [0.5, 0.6) is 0 Å². The molecule has 6 nitrogen and oxygen atoms in total. The molecule has 0 aliphatic carbocycles. The molecular weight excluding hydrogens is 391 g/mol. The molecule has 0 fully saturated rings. The molecule has 2 aromatic carbocycles. The first-order chi connectivity index (χ1) is 13.7. The molecule has 0 spiro atoms. The van der Waals surface area contributed by atoms with Crippen LogP contribution in [0.25, 0.3) is 17.1 Å². The smallest absolute Gasteiger partial charge is 0.262 e. The molecule has 0 unspecified atom stereocenters. The lowest BCUT2D eigenvalue weighted by molar-refractivity contribution is 0.590. The fourth-order valence-corrected chi connectivity index (χ4v) is 4.06. The van der Waals surface area contributed by atoms with E-state index in [4.69, 9.17) is 0 Å². The number of aromatic nitrogens is 3. The summed E-state index contributed by atoms with van der Waals surface area (Å²) in [5.74, 6) is -0.0811. The summed E-state index contributed by atoms with van der Waals surface area (Å²) in [7, 11) is -2.24. The van der Waals surface area contributed by atoms with Gasteiger partial charge in [-0.25, -0.2) is 22.5 Å². The van der Waals surface area contributed by atoms with Gasteiger partial charge in [0, 0.05) is 7.05 Å². The van der Waals surface area contributed by atoms with E-state index in [2.05, 4.69) is 34.5 Å². The average Bonchev–Trinajstić information content (AvgIpc) is 3.04. The van der Waals surface area contributed by atoms with Crippen LogP contribution in [-0.4, -0.2) is 23.2 Å². The van der Waals surface area contributed by atoms with Gasteiger partial charge in [-0.3, -0.25) is 4.72 Å². The van der Waals surface area contributed by atoms with Gasteiger partial charge in [-0.05, 0) is 37.1 Å². The van der Waals surface area contributed by atoms with E-state index in [0.29, 0.717) is 11.1 Å². The molecule has 152 valence electrons. The fourth-order valence-electron chi connectivity index (χ4n) is 2.79. The van der Waals surface area contributed by atoms with Crippen molar-refractivity contribution in [3.8, 4) is 11.4 Å². The number of rotatable bonds is 5. The molecule has 0 saturated carbocycles. The van der Waals surface area contributed by atoms with Crippen LogP contribution >= 0.6 is 0 Å². The molecule has 3 aromatic rings. The molecule has 29 heavy (non-hydrogen) atoms. The van der Waals surface area contributed by atoms with Crippen molar-refractivity contribution in [2.24, 2.45) is 7.05 Å². The number of sulfonamides is 1. The number of hydrogen-bond donors (Lipinski definition) is 1. The molecule has 1 N–H and O–H groups in total. The van der Waals surface area contributed by atoms with Gasteiger partial charge in [0.15, 0.2) is 11.6 Å². The summed E-state index contributed by atoms with van der Waals surface area (Å²) in [5, 5.41) is 4.21. The summed E-state index contributed by atoms with van der Waals surface area (Å²) in [6.45, 7) is 13.2. The van der Waals surface area contributed by atoms with Crippen molar-refractivity contribution in [2.75, 3.05) is 0 Å². The van der Waals surface area contributed by atoms with Crippen molar-refractivity contribution >= 4 is 15.7 Å². The van der Waals surface area contributed by atoms with Crippen molar-refractivity contribution in [1.29, 1.82) is 0 Å². The Morgan fingerprint density at radius 2 is 1.69 bits per heavy atom. The minimum atomic E-state index is -3.83. The van der Waals surface area contributed by atoms with Crippen LogP contribution in [0.4, 0.5) is 4.39 Å². The zero-order valence-corrected chi connectivity index (χ0v) is 17.4. The van der Waals surface area contributed by atoms with Gasteiger partial charge in [0.25, 0.3) is 10.0 Å². The van der Waals surface area contributed by atoms with E-state index < -0.39 is 15.8 Å². The third-order valence-electron chi connectivity index (χ3n) is 4.12. The second-order valence-corrected chi connectivity index (χ2v) is 7.81. The molecule has 8 heteroatoms. The molecule has 0 saturated heterocycles. The summed E-state index contributed by atoms with van der Waals surface area (Å²) >= 11 is 0. The maximum atomic E-state index is 14.2. The van der Waals surface area contributed by atoms with Gasteiger partial charge in [0.1, 0.15) is 5.82 Å². The second-order valence-electron chi connectivity index (χ2n) is 6.16. The Morgan fingerprint density at radius 3 is 2.31 bits per heavy atom. The van der Waals surface area contributed by atoms with E-state index >= 15 is 0 Å². The van der Waals surface area contributed by atoms with Crippen molar-refractivity contribution in [3.63, 3.8) is 0 Å². The van der Waals surface area contributed by atoms with Gasteiger partial charge < -0.3 is 0 Å². The molecule has 0 atom stereocenters. The van der Waals surface area contributed by atoms with E-state index in [-0.39, 0.29) is 27.8 Å². The standard InChI is InChI=1S/C19H19FN4O2S.C2H4/c1-12-8-5-6-11-16(12)27(25,26)23-14(3)19-21-18(22-24(19)4)17-13(2)9-7-10-15(17)20;1-2/h5-11,23H,3H2,1-2,4H3;1-2H2. The summed E-state index contributed by atoms with van der Waals surface area (Å²) < 4.78 is 43.3. The number of aryl methyl sites for hydroxylation is 3. The summed E-state index contributed by atoms with van der Waals surface area (Å²) in [4.78, 5) is 4.44. The summed E-state index contributed by atoms with van der Waals surface area (Å²) in [5.41, 5.74) is 1.61. The van der Waals surface area contributed by atoms with Crippen LogP contribution in [-0.2, 0) is 17.1 Å². The second kappa shape index (κ2) is 8.83. The number of halogens is 1. The maximum Gasteiger partial charge on any atom is 0.262 e. The minimum Gasteiger partial charge on any atom is -0.276 e. The Kier molecular flexibility index (Phi) is 6.71. The molecule has 0 radical (unpaired) electrons. The lowest BCUT2D eigenvalue weighted by Crippen LogP contribution is -2.24. The van der Waals surface area contributed by atoms with Crippen LogP contribution in [0.1, 0.15) is 17.0 Å². The van der Waals surface area contributed by atoms with Crippen LogP contribution in [0.15, 0.2) is 67.1 Å². The summed E-state index contributed by atoms with van der Waals surface area (Å²) in [6, 6.07) is 11.3. The zero-order chi connectivity index (χ0) is 21.8. The monoisotopic (exact) mass is 414 g/mol. The highest BCUT2D eigenvalue weighted by molar-refractivity contribution is 7.89. The third kappa shape index (κ3) is 4.60. The van der Waals surface area contributed by atoms with Crippen LogP contribution in [0.3, 0.4) is 0 Å². The summed E-state index contributed by atoms with van der Waals surface area (Å²) in [6.07, 6.45) is 0. The highest BCUT2D eigenvalue weighted by atomic mass is 32.2. The predicted octanol–water partition coefficient (Wildman–Crippen LogP) is 3.99. The zero-order valence-electron chi connectivity index (χ0n) is 16.6. The first-order valence-corrected chi connectivity index (χ1v) is 10.1. The third-order valence-corrected chi connectivity index (χ3v) is 5.67. The lowest BCUT2D eigenvalue weighted by atomic mass is 10.1. The molecule has 0 bridgehead atoms. The molecule has 0 aliphatic heterocycles. The Balaban J connectivity index is 0.00000145. The van der Waals surface area contributed by atoms with E-state index in [1.165, 1.54) is 16.8 Å². The highest BCUT2D eigenvalue weighted by Crippen LogP contribution is 2.25. The number of nitrogens with one attached hydrogen (secondary N) is 1. The van der Waals surface area contributed by atoms with Crippen LogP contribution in [0.2, 0.25) is 0 Å². The molecule has 1 aromatic heterocycles. The van der Waals surface area contributed by atoms with E-state index in [1.807, 2.05) is 0 Å². The van der Waals surface area contributed by atoms with Gasteiger partial charge in [0.2, 0.25) is 0 Å². The first-order valence-electron chi connectivity index (χ1n) is 8.65. The van der Waals surface area contributed by atoms with Crippen LogP contribution in [0, 0.1) is 19.7 Å². The molecule has 0 aliphatic rings. The van der Waals surface area contributed by atoms with Crippen molar-refractivity contribution < 1.29 is 12.8 Å². The van der Waals surface area contributed by atoms with Crippen LogP contribution < -0.4 is 4.72 Å². The van der Waals surface area contributed by atoms with Gasteiger partial charge >= 0.3 is 0 Å². The van der Waals surface area contributed by atoms with Gasteiger partial charge in [-0.15, -0.1) is 13.2 Å². The molecular formula is C21H23FN4O2S. The number of nitrogens with zero attached hydrogens (tertiary/aromatic N) is 3. The van der Waals surface area contributed by atoms with Gasteiger partial charge in [0.05, 0.1) is 16.2 Å². The first kappa shape index (κ1) is 22.0. The molecule has 1 heterocycles. The number of benzene rings is 2. The minimum absolute atomic E-state index is 0.0495. The van der Waals surface area contributed by atoms with Gasteiger partial charge in [-0.2, -0.15) is 5.10 Å². The van der Waals surface area contributed by atoms with E-state index in [9.17, 15) is 12.8 Å². The predicted molar refractivity (Wildman–Crippen MR) is 113 cm³/mol. The van der Waals surface area contributed by atoms with E-state index in [0.717, 1.165) is 0 Å². The highest BCUT2D eigenvalue weighted by Gasteiger charge is 2.21. The molecule has 3 rings (SSSR count). The Bertz CT molecular complexity index is 1130. The fraction of sp³-hybridized carbons (Fsp3) is 0.143. The molecule has 0 amide bonds. The lowest BCUT2D eigenvalue weighted by Gasteiger charge is -2.11. The van der Waals surface area contributed by atoms with Crippen molar-refractivity contribution in [1.82, 2.24) is 19.5 Å². The van der Waals surface area contributed by atoms with E-state index in [1.54, 1.807) is 51.2 Å². The normalized spacial score (nSPS) is 10.8. The largest absolute Gasteiger partial charge is 0.276 e. The maximum absolute atomic E-state index is 14.2. The average molecular weight is 415 g/mol. The van der Waals surface area contributed by atoms with Crippen molar-refractivity contribution in [2.45, 2.75) is 18.7 Å². The topological polar surface area (TPSA) is 76.9 Å². The van der Waals surface area contributed by atoms with Crippen molar-refractivity contribution in [3.05, 3.63) is 85.0 Å². The Morgan fingerprint density at radius 1 is 1.07 bits per heavy atom. The Hall–Kier alpha value is -3.26.